The first-order chi connectivity index (χ1) is 14.0. The second kappa shape index (κ2) is 11.8. The van der Waals surface area contributed by atoms with Crippen molar-refractivity contribution >= 4 is 51.5 Å². The van der Waals surface area contributed by atoms with Crippen LogP contribution in [0.2, 0.25) is 0 Å². The minimum atomic E-state index is -0.589. The first-order valence-electron chi connectivity index (χ1n) is 7.83. The standard InChI is InChI=1S/C7H6FNO2.C6H5FINO.C5H3FINO/c1-9-3-6(8)2-5(4-10)7(9)11;1-9-3-4(7)2-5(8)6(9)10;6-3-1-4(7)5(9)8-2-3/h2-4H,1H3;2-3H,1H3;1-2H,(H,8,9). The maximum Gasteiger partial charge on any atom is 0.263 e. The van der Waals surface area contributed by atoms with E-state index in [-0.39, 0.29) is 22.5 Å². The highest BCUT2D eigenvalue weighted by Crippen LogP contribution is 2.00. The van der Waals surface area contributed by atoms with Crippen molar-refractivity contribution in [1.82, 2.24) is 14.1 Å². The number of pyridine rings is 3. The second-order valence-corrected chi connectivity index (χ2v) is 7.89. The van der Waals surface area contributed by atoms with Crippen molar-refractivity contribution in [2.24, 2.45) is 14.1 Å². The molecule has 3 aromatic heterocycles. The monoisotopic (exact) mass is 647 g/mol. The average Bonchev–Trinajstić information content (AvgIpc) is 2.67. The molecule has 0 amide bonds. The largest absolute Gasteiger partial charge is 0.325 e. The number of aryl methyl sites for hydroxylation is 2. The van der Waals surface area contributed by atoms with Crippen LogP contribution in [0, 0.1) is 24.6 Å². The minimum Gasteiger partial charge on any atom is -0.325 e. The molecule has 0 saturated carbocycles. The van der Waals surface area contributed by atoms with E-state index in [1.54, 1.807) is 45.2 Å². The number of halogens is 5. The summed E-state index contributed by atoms with van der Waals surface area (Å²) in [6.45, 7) is 0. The number of rotatable bonds is 1. The van der Waals surface area contributed by atoms with Crippen LogP contribution >= 0.6 is 45.2 Å². The van der Waals surface area contributed by atoms with Gasteiger partial charge >= 0.3 is 0 Å². The van der Waals surface area contributed by atoms with Gasteiger partial charge in [-0.05, 0) is 63.4 Å². The van der Waals surface area contributed by atoms with Crippen molar-refractivity contribution in [3.63, 3.8) is 0 Å². The number of aromatic amines is 1. The number of aromatic nitrogens is 3. The molecule has 0 saturated heterocycles. The first-order valence-corrected chi connectivity index (χ1v) is 9.98. The van der Waals surface area contributed by atoms with E-state index in [0.717, 1.165) is 29.2 Å². The van der Waals surface area contributed by atoms with Gasteiger partial charge in [0.25, 0.3) is 16.7 Å². The number of H-pyrrole nitrogens is 1. The molecule has 12 heteroatoms. The summed E-state index contributed by atoms with van der Waals surface area (Å²) in [5, 5.41) is 0. The summed E-state index contributed by atoms with van der Waals surface area (Å²) in [6.07, 6.45) is 3.55. The van der Waals surface area contributed by atoms with Gasteiger partial charge in [-0.3, -0.25) is 19.2 Å². The lowest BCUT2D eigenvalue weighted by molar-refractivity contribution is 0.112. The molecule has 0 bridgehead atoms. The quantitative estimate of drug-likeness (QED) is 0.325. The Balaban J connectivity index is 0.000000226. The Morgan fingerprint density at radius 2 is 1.33 bits per heavy atom. The van der Waals surface area contributed by atoms with Crippen molar-refractivity contribution in [1.29, 1.82) is 0 Å². The van der Waals surface area contributed by atoms with Crippen LogP contribution in [-0.4, -0.2) is 20.4 Å². The van der Waals surface area contributed by atoms with E-state index < -0.39 is 17.2 Å². The number of hydrogen-bond donors (Lipinski definition) is 1. The normalized spacial score (nSPS) is 9.70. The zero-order valence-electron chi connectivity index (χ0n) is 15.5. The van der Waals surface area contributed by atoms with Crippen molar-refractivity contribution in [3.05, 3.63) is 98.0 Å². The van der Waals surface area contributed by atoms with E-state index in [1.807, 2.05) is 0 Å². The predicted molar refractivity (Wildman–Crippen MR) is 121 cm³/mol. The van der Waals surface area contributed by atoms with Gasteiger partial charge in [-0.1, -0.05) is 0 Å². The van der Waals surface area contributed by atoms with Crippen LogP contribution in [0.1, 0.15) is 10.4 Å². The molecule has 0 aliphatic carbocycles. The third kappa shape index (κ3) is 7.89. The van der Waals surface area contributed by atoms with Gasteiger partial charge in [0.2, 0.25) is 0 Å². The molecule has 7 nitrogen and oxygen atoms in total. The van der Waals surface area contributed by atoms with Crippen molar-refractivity contribution in [2.75, 3.05) is 0 Å². The molecular weight excluding hydrogens is 633 g/mol. The van der Waals surface area contributed by atoms with Crippen LogP contribution in [0.4, 0.5) is 13.2 Å². The Morgan fingerprint density at radius 3 is 1.80 bits per heavy atom. The summed E-state index contributed by atoms with van der Waals surface area (Å²) in [5.74, 6) is -1.39. The van der Waals surface area contributed by atoms with Crippen molar-refractivity contribution < 1.29 is 18.0 Å². The Labute approximate surface area is 194 Å². The highest BCUT2D eigenvalue weighted by molar-refractivity contribution is 14.1. The number of nitrogens with zero attached hydrogens (tertiary/aromatic N) is 2. The van der Waals surface area contributed by atoms with Gasteiger partial charge < -0.3 is 14.1 Å². The third-order valence-electron chi connectivity index (χ3n) is 3.23. The van der Waals surface area contributed by atoms with E-state index >= 15 is 0 Å². The molecule has 0 atom stereocenters. The molecule has 3 rings (SSSR count). The molecule has 0 aliphatic rings. The van der Waals surface area contributed by atoms with E-state index in [2.05, 4.69) is 4.98 Å². The lowest BCUT2D eigenvalue weighted by Gasteiger charge is -1.96. The molecule has 3 heterocycles. The number of nitrogens with one attached hydrogen (secondary N) is 1. The van der Waals surface area contributed by atoms with Gasteiger partial charge in [0.1, 0.15) is 17.5 Å². The Kier molecular flexibility index (Phi) is 10.2. The predicted octanol–water partition coefficient (Wildman–Crippen LogP) is 2.58. The summed E-state index contributed by atoms with van der Waals surface area (Å²) in [5.41, 5.74) is -1.06. The number of aldehydes is 1. The van der Waals surface area contributed by atoms with Crippen LogP contribution in [0.15, 0.2) is 51.2 Å². The molecule has 30 heavy (non-hydrogen) atoms. The van der Waals surface area contributed by atoms with Gasteiger partial charge in [-0.15, -0.1) is 0 Å². The van der Waals surface area contributed by atoms with Crippen LogP contribution in [0.25, 0.3) is 0 Å². The highest BCUT2D eigenvalue weighted by atomic mass is 127. The topological polar surface area (TPSA) is 93.9 Å². The second-order valence-electron chi connectivity index (χ2n) is 5.56. The molecule has 0 aliphatic heterocycles. The molecule has 1 N–H and O–H groups in total. The summed E-state index contributed by atoms with van der Waals surface area (Å²) in [4.78, 5) is 44.7. The zero-order valence-corrected chi connectivity index (χ0v) is 19.8. The summed E-state index contributed by atoms with van der Waals surface area (Å²) >= 11 is 3.57. The van der Waals surface area contributed by atoms with Gasteiger partial charge in [0.15, 0.2) is 6.29 Å². The first kappa shape index (κ1) is 25.8. The minimum absolute atomic E-state index is 0.160. The van der Waals surface area contributed by atoms with Crippen LogP contribution in [0.5, 0.6) is 0 Å². The van der Waals surface area contributed by atoms with E-state index in [4.69, 9.17) is 0 Å². The van der Waals surface area contributed by atoms with Gasteiger partial charge in [-0.2, -0.15) is 0 Å². The molecule has 0 aromatic carbocycles. The maximum absolute atomic E-state index is 12.5. The molecular formula is C18H14F3I2N3O4. The molecule has 0 unspecified atom stereocenters. The Morgan fingerprint density at radius 1 is 0.833 bits per heavy atom. The van der Waals surface area contributed by atoms with Gasteiger partial charge in [0, 0.05) is 32.7 Å². The lowest BCUT2D eigenvalue weighted by Crippen LogP contribution is -2.20. The average molecular weight is 647 g/mol. The fourth-order valence-electron chi connectivity index (χ4n) is 1.84. The van der Waals surface area contributed by atoms with E-state index in [9.17, 15) is 32.3 Å². The van der Waals surface area contributed by atoms with E-state index in [0.29, 0.717) is 13.4 Å². The number of carbonyl (C=O) groups is 1. The summed E-state index contributed by atoms with van der Waals surface area (Å²) in [7, 11) is 2.91. The molecule has 3 aromatic rings. The SMILES string of the molecule is Cn1cc(F)cc(C=O)c1=O.Cn1cc(F)cc(I)c1=O.O=c1[nH]cc(F)cc1I. The summed E-state index contributed by atoms with van der Waals surface area (Å²) < 4.78 is 40.1. The molecule has 160 valence electrons. The zero-order chi connectivity index (χ0) is 23.0. The highest BCUT2D eigenvalue weighted by Gasteiger charge is 2.01. The fraction of sp³-hybridized carbons (Fsp3) is 0.111. The van der Waals surface area contributed by atoms with E-state index in [1.165, 1.54) is 30.8 Å². The van der Waals surface area contributed by atoms with Crippen LogP contribution < -0.4 is 16.7 Å². The molecule has 0 radical (unpaired) electrons. The lowest BCUT2D eigenvalue weighted by atomic mass is 10.3. The summed E-state index contributed by atoms with van der Waals surface area (Å²) in [6, 6.07) is 3.30. The fourth-order valence-corrected chi connectivity index (χ4v) is 2.97. The Hall–Kier alpha value is -2.23. The smallest absolute Gasteiger partial charge is 0.263 e. The Bertz CT molecular complexity index is 1200. The molecule has 0 fully saturated rings. The van der Waals surface area contributed by atoms with Crippen molar-refractivity contribution in [2.45, 2.75) is 0 Å². The van der Waals surface area contributed by atoms with Crippen LogP contribution in [0.3, 0.4) is 0 Å². The molecule has 0 spiro atoms. The number of hydrogen-bond acceptors (Lipinski definition) is 4. The van der Waals surface area contributed by atoms with Gasteiger partial charge in [0.05, 0.1) is 12.7 Å². The maximum atomic E-state index is 12.5. The van der Waals surface area contributed by atoms with Gasteiger partial charge in [-0.25, -0.2) is 13.2 Å². The third-order valence-corrected chi connectivity index (χ3v) is 4.81. The number of carbonyl (C=O) groups excluding carboxylic acids is 1. The van der Waals surface area contributed by atoms with Crippen LogP contribution in [-0.2, 0) is 14.1 Å². The van der Waals surface area contributed by atoms with Crippen molar-refractivity contribution in [3.8, 4) is 0 Å².